The van der Waals surface area contributed by atoms with Crippen LogP contribution < -0.4 is 10.1 Å². The number of hydrogen-bond acceptors (Lipinski definition) is 3. The standard InChI is InChI=1S/C16H21NO2/c1-12-8-9-15(19-12)13(2)17-11-10-14-6-4-5-7-16(14)18-3/h4-9,13,17H,10-11H2,1-3H3. The van der Waals surface area contributed by atoms with Gasteiger partial charge in [0.25, 0.3) is 0 Å². The van der Waals surface area contributed by atoms with E-state index in [4.69, 9.17) is 9.15 Å². The van der Waals surface area contributed by atoms with Crippen molar-refractivity contribution in [3.8, 4) is 5.75 Å². The van der Waals surface area contributed by atoms with Crippen molar-refractivity contribution in [2.45, 2.75) is 26.3 Å². The monoisotopic (exact) mass is 259 g/mol. The Labute approximate surface area is 114 Å². The summed E-state index contributed by atoms with van der Waals surface area (Å²) in [5.74, 6) is 2.89. The number of benzene rings is 1. The maximum absolute atomic E-state index is 5.61. The molecule has 1 atom stereocenters. The number of para-hydroxylation sites is 1. The Morgan fingerprint density at radius 1 is 1.21 bits per heavy atom. The van der Waals surface area contributed by atoms with Gasteiger partial charge in [0.15, 0.2) is 0 Å². The molecule has 1 aromatic carbocycles. The third kappa shape index (κ3) is 3.61. The lowest BCUT2D eigenvalue weighted by molar-refractivity contribution is 0.404. The number of rotatable bonds is 6. The molecule has 1 aromatic heterocycles. The fourth-order valence-electron chi connectivity index (χ4n) is 2.12. The molecule has 0 aliphatic rings. The van der Waals surface area contributed by atoms with Crippen LogP contribution in [-0.2, 0) is 6.42 Å². The van der Waals surface area contributed by atoms with Crippen molar-refractivity contribution in [1.29, 1.82) is 0 Å². The Kier molecular flexibility index (Phi) is 4.63. The minimum Gasteiger partial charge on any atom is -0.496 e. The van der Waals surface area contributed by atoms with Crippen LogP contribution in [0.5, 0.6) is 5.75 Å². The van der Waals surface area contributed by atoms with Crippen molar-refractivity contribution < 1.29 is 9.15 Å². The molecule has 0 radical (unpaired) electrons. The van der Waals surface area contributed by atoms with Crippen molar-refractivity contribution >= 4 is 0 Å². The van der Waals surface area contributed by atoms with Gasteiger partial charge in [0.05, 0.1) is 13.2 Å². The first-order chi connectivity index (χ1) is 9.20. The van der Waals surface area contributed by atoms with Crippen LogP contribution in [0.1, 0.15) is 30.0 Å². The lowest BCUT2D eigenvalue weighted by atomic mass is 10.1. The van der Waals surface area contributed by atoms with E-state index in [2.05, 4.69) is 18.3 Å². The number of aryl methyl sites for hydroxylation is 1. The lowest BCUT2D eigenvalue weighted by Crippen LogP contribution is -2.21. The van der Waals surface area contributed by atoms with E-state index >= 15 is 0 Å². The zero-order valence-corrected chi connectivity index (χ0v) is 11.8. The van der Waals surface area contributed by atoms with Crippen molar-refractivity contribution in [1.82, 2.24) is 5.32 Å². The van der Waals surface area contributed by atoms with E-state index in [-0.39, 0.29) is 6.04 Å². The van der Waals surface area contributed by atoms with Gasteiger partial charge in [-0.05, 0) is 50.6 Å². The van der Waals surface area contributed by atoms with Crippen LogP contribution in [0.25, 0.3) is 0 Å². The topological polar surface area (TPSA) is 34.4 Å². The first-order valence-corrected chi connectivity index (χ1v) is 6.62. The predicted molar refractivity (Wildman–Crippen MR) is 76.6 cm³/mol. The highest BCUT2D eigenvalue weighted by Gasteiger charge is 2.09. The summed E-state index contributed by atoms with van der Waals surface area (Å²) < 4.78 is 11.0. The number of ether oxygens (including phenoxy) is 1. The molecule has 0 saturated carbocycles. The van der Waals surface area contributed by atoms with Crippen molar-refractivity contribution in [3.63, 3.8) is 0 Å². The highest BCUT2D eigenvalue weighted by molar-refractivity contribution is 5.33. The molecule has 3 heteroatoms. The van der Waals surface area contributed by atoms with Crippen LogP contribution in [-0.4, -0.2) is 13.7 Å². The first kappa shape index (κ1) is 13.7. The molecule has 0 aliphatic carbocycles. The van der Waals surface area contributed by atoms with Gasteiger partial charge in [-0.15, -0.1) is 0 Å². The second-order valence-corrected chi connectivity index (χ2v) is 4.69. The average Bonchev–Trinajstić information content (AvgIpc) is 2.86. The summed E-state index contributed by atoms with van der Waals surface area (Å²) in [6.07, 6.45) is 0.939. The molecule has 0 bridgehead atoms. The van der Waals surface area contributed by atoms with E-state index in [0.29, 0.717) is 0 Å². The van der Waals surface area contributed by atoms with E-state index in [1.807, 2.05) is 37.3 Å². The Hall–Kier alpha value is -1.74. The number of nitrogens with one attached hydrogen (secondary N) is 1. The summed E-state index contributed by atoms with van der Waals surface area (Å²) in [5.41, 5.74) is 1.22. The predicted octanol–water partition coefficient (Wildman–Crippen LogP) is 3.49. The molecule has 0 fully saturated rings. The highest BCUT2D eigenvalue weighted by Crippen LogP contribution is 2.18. The van der Waals surface area contributed by atoms with Crippen LogP contribution in [0.3, 0.4) is 0 Å². The van der Waals surface area contributed by atoms with Gasteiger partial charge in [-0.1, -0.05) is 18.2 Å². The van der Waals surface area contributed by atoms with Gasteiger partial charge in [0.2, 0.25) is 0 Å². The molecule has 1 N–H and O–H groups in total. The summed E-state index contributed by atoms with van der Waals surface area (Å²) in [6.45, 7) is 4.97. The minimum absolute atomic E-state index is 0.225. The van der Waals surface area contributed by atoms with Crippen LogP contribution in [0.15, 0.2) is 40.8 Å². The smallest absolute Gasteiger partial charge is 0.122 e. The van der Waals surface area contributed by atoms with Gasteiger partial charge in [0, 0.05) is 0 Å². The molecule has 0 saturated heterocycles. The van der Waals surface area contributed by atoms with E-state index in [9.17, 15) is 0 Å². The van der Waals surface area contributed by atoms with E-state index < -0.39 is 0 Å². The third-order valence-electron chi connectivity index (χ3n) is 3.23. The van der Waals surface area contributed by atoms with Gasteiger partial charge in [-0.2, -0.15) is 0 Å². The fourth-order valence-corrected chi connectivity index (χ4v) is 2.12. The van der Waals surface area contributed by atoms with Gasteiger partial charge >= 0.3 is 0 Å². The first-order valence-electron chi connectivity index (χ1n) is 6.62. The van der Waals surface area contributed by atoms with Crippen molar-refractivity contribution in [2.75, 3.05) is 13.7 Å². The third-order valence-corrected chi connectivity index (χ3v) is 3.23. The summed E-state index contributed by atoms with van der Waals surface area (Å²) in [5, 5.41) is 3.46. The largest absolute Gasteiger partial charge is 0.496 e. The summed E-state index contributed by atoms with van der Waals surface area (Å²) in [4.78, 5) is 0. The van der Waals surface area contributed by atoms with Crippen molar-refractivity contribution in [3.05, 3.63) is 53.5 Å². The average molecular weight is 259 g/mol. The molecule has 2 aromatic rings. The molecule has 19 heavy (non-hydrogen) atoms. The maximum Gasteiger partial charge on any atom is 0.122 e. The molecule has 3 nitrogen and oxygen atoms in total. The molecule has 1 heterocycles. The minimum atomic E-state index is 0.225. The Balaban J connectivity index is 1.86. The van der Waals surface area contributed by atoms with Gasteiger partial charge in [0.1, 0.15) is 17.3 Å². The Bertz CT molecular complexity index is 519. The highest BCUT2D eigenvalue weighted by atomic mass is 16.5. The maximum atomic E-state index is 5.61. The second-order valence-electron chi connectivity index (χ2n) is 4.69. The molecular formula is C16H21NO2. The number of furan rings is 1. The van der Waals surface area contributed by atoms with Gasteiger partial charge < -0.3 is 14.5 Å². The molecule has 102 valence electrons. The zero-order valence-electron chi connectivity index (χ0n) is 11.8. The normalized spacial score (nSPS) is 12.4. The number of methoxy groups -OCH3 is 1. The van der Waals surface area contributed by atoms with Gasteiger partial charge in [-0.25, -0.2) is 0 Å². The zero-order chi connectivity index (χ0) is 13.7. The van der Waals surface area contributed by atoms with Crippen LogP contribution >= 0.6 is 0 Å². The molecule has 2 rings (SSSR count). The van der Waals surface area contributed by atoms with E-state index in [1.165, 1.54) is 5.56 Å². The van der Waals surface area contributed by atoms with Crippen molar-refractivity contribution in [2.24, 2.45) is 0 Å². The molecule has 1 unspecified atom stereocenters. The molecule has 0 aliphatic heterocycles. The Morgan fingerprint density at radius 2 is 2.00 bits per heavy atom. The summed E-state index contributed by atoms with van der Waals surface area (Å²) >= 11 is 0. The summed E-state index contributed by atoms with van der Waals surface area (Å²) in [7, 11) is 1.71. The fraction of sp³-hybridized carbons (Fsp3) is 0.375. The number of hydrogen-bond donors (Lipinski definition) is 1. The van der Waals surface area contributed by atoms with E-state index in [0.717, 1.165) is 30.2 Å². The quantitative estimate of drug-likeness (QED) is 0.862. The molecule has 0 spiro atoms. The molecular weight excluding hydrogens is 238 g/mol. The SMILES string of the molecule is COc1ccccc1CCNC(C)c1ccc(C)o1. The molecule has 0 amide bonds. The van der Waals surface area contributed by atoms with E-state index in [1.54, 1.807) is 7.11 Å². The lowest BCUT2D eigenvalue weighted by Gasteiger charge is -2.12. The summed E-state index contributed by atoms with van der Waals surface area (Å²) in [6, 6.07) is 12.4. The van der Waals surface area contributed by atoms with Crippen LogP contribution in [0, 0.1) is 6.92 Å². The second kappa shape index (κ2) is 6.43. The van der Waals surface area contributed by atoms with Crippen LogP contribution in [0.2, 0.25) is 0 Å². The van der Waals surface area contributed by atoms with Crippen LogP contribution in [0.4, 0.5) is 0 Å². The Morgan fingerprint density at radius 3 is 2.68 bits per heavy atom. The van der Waals surface area contributed by atoms with Gasteiger partial charge in [-0.3, -0.25) is 0 Å².